The Labute approximate surface area is 221 Å². The minimum atomic E-state index is -0.179. The molecule has 1 aromatic heterocycles. The third-order valence-electron chi connectivity index (χ3n) is 7.83. The van der Waals surface area contributed by atoms with Crippen LogP contribution >= 0.6 is 11.6 Å². The van der Waals surface area contributed by atoms with E-state index >= 15 is 0 Å². The van der Waals surface area contributed by atoms with Gasteiger partial charge in [-0.3, -0.25) is 4.79 Å². The van der Waals surface area contributed by atoms with E-state index in [1.807, 2.05) is 61.5 Å². The summed E-state index contributed by atoms with van der Waals surface area (Å²) in [5, 5.41) is 5.14. The van der Waals surface area contributed by atoms with E-state index in [0.717, 1.165) is 65.7 Å². The summed E-state index contributed by atoms with van der Waals surface area (Å²) in [6, 6.07) is 23.8. The van der Waals surface area contributed by atoms with Crippen molar-refractivity contribution in [1.82, 2.24) is 9.55 Å². The molecule has 4 aromatic rings. The second kappa shape index (κ2) is 9.64. The van der Waals surface area contributed by atoms with E-state index in [1.165, 1.54) is 12.0 Å². The van der Waals surface area contributed by atoms with Gasteiger partial charge in [-0.15, -0.1) is 0 Å². The van der Waals surface area contributed by atoms with Gasteiger partial charge in [0.05, 0.1) is 23.2 Å². The van der Waals surface area contributed by atoms with Crippen molar-refractivity contribution >= 4 is 23.8 Å². The minimum absolute atomic E-state index is 0.0000963. The van der Waals surface area contributed by atoms with E-state index in [1.54, 1.807) is 10.8 Å². The average Bonchev–Trinajstić information content (AvgIpc) is 2.91. The van der Waals surface area contributed by atoms with Crippen LogP contribution in [0, 0.1) is 6.92 Å². The molecular weight excluding hydrogens is 480 g/mol. The molecule has 0 bridgehead atoms. The number of hydrogen-bond acceptors (Lipinski definition) is 4. The van der Waals surface area contributed by atoms with Gasteiger partial charge in [0, 0.05) is 16.0 Å². The quantitative estimate of drug-likeness (QED) is 0.237. The second-order valence-electron chi connectivity index (χ2n) is 10.2. The van der Waals surface area contributed by atoms with Crippen LogP contribution in [0.15, 0.2) is 82.7 Å². The van der Waals surface area contributed by atoms with E-state index < -0.39 is 0 Å². The van der Waals surface area contributed by atoms with Crippen LogP contribution in [0.3, 0.4) is 0 Å². The van der Waals surface area contributed by atoms with Gasteiger partial charge in [0.2, 0.25) is 5.95 Å². The van der Waals surface area contributed by atoms with Crippen molar-refractivity contribution < 1.29 is 0 Å². The molecule has 0 amide bonds. The molecule has 1 spiro atoms. The Hall–Kier alpha value is -3.70. The van der Waals surface area contributed by atoms with Gasteiger partial charge in [-0.2, -0.15) is 5.10 Å². The molecule has 0 aliphatic heterocycles. The molecule has 1 N–H and O–H groups in total. The third-order valence-corrected chi connectivity index (χ3v) is 8.08. The van der Waals surface area contributed by atoms with Crippen molar-refractivity contribution in [3.8, 4) is 16.9 Å². The number of aryl methyl sites for hydroxylation is 1. The van der Waals surface area contributed by atoms with E-state index in [0.29, 0.717) is 11.0 Å². The molecule has 2 aliphatic rings. The first kappa shape index (κ1) is 23.7. The number of hydrazone groups is 1. The van der Waals surface area contributed by atoms with E-state index in [9.17, 15) is 4.79 Å². The number of anilines is 1. The lowest BCUT2D eigenvalue weighted by Crippen LogP contribution is -2.43. The Balaban J connectivity index is 1.57. The molecule has 2 aliphatic carbocycles. The minimum Gasteiger partial charge on any atom is -0.268 e. The largest absolute Gasteiger partial charge is 0.268 e. The van der Waals surface area contributed by atoms with E-state index in [-0.39, 0.29) is 11.0 Å². The molecule has 0 saturated heterocycles. The smallest absolute Gasteiger partial charge is 0.263 e. The van der Waals surface area contributed by atoms with Gasteiger partial charge < -0.3 is 0 Å². The highest BCUT2D eigenvalue weighted by atomic mass is 35.5. The van der Waals surface area contributed by atoms with Gasteiger partial charge in [0.25, 0.3) is 5.56 Å². The Morgan fingerprint density at radius 3 is 2.49 bits per heavy atom. The normalized spacial score (nSPS) is 15.9. The monoisotopic (exact) mass is 508 g/mol. The summed E-state index contributed by atoms with van der Waals surface area (Å²) in [6.07, 6.45) is 8.12. The Kier molecular flexibility index (Phi) is 6.17. The lowest BCUT2D eigenvalue weighted by molar-refractivity contribution is 0.284. The van der Waals surface area contributed by atoms with Crippen molar-refractivity contribution in [2.24, 2.45) is 5.10 Å². The molecule has 1 heterocycles. The summed E-state index contributed by atoms with van der Waals surface area (Å²) < 4.78 is 1.72. The van der Waals surface area contributed by atoms with Gasteiger partial charge >= 0.3 is 0 Å². The average molecular weight is 509 g/mol. The number of para-hydroxylation sites is 1. The van der Waals surface area contributed by atoms with Crippen LogP contribution in [-0.2, 0) is 11.8 Å². The Bertz CT molecular complexity index is 1550. The van der Waals surface area contributed by atoms with Crippen molar-refractivity contribution in [2.75, 3.05) is 5.43 Å². The maximum Gasteiger partial charge on any atom is 0.263 e. The number of nitrogens with zero attached hydrogens (tertiary/aromatic N) is 3. The fourth-order valence-corrected chi connectivity index (χ4v) is 6.16. The fourth-order valence-electron chi connectivity index (χ4n) is 6.03. The van der Waals surface area contributed by atoms with Crippen LogP contribution in [-0.4, -0.2) is 15.8 Å². The summed E-state index contributed by atoms with van der Waals surface area (Å²) in [5.41, 5.74) is 9.62. The van der Waals surface area contributed by atoms with Crippen LogP contribution in [0.4, 0.5) is 5.95 Å². The zero-order chi connectivity index (χ0) is 25.4. The number of benzene rings is 3. The molecule has 5 nitrogen and oxygen atoms in total. The molecular formula is C31H29ClN4O. The van der Waals surface area contributed by atoms with Gasteiger partial charge in [-0.05, 0) is 61.1 Å². The summed E-state index contributed by atoms with van der Waals surface area (Å²) in [7, 11) is 0. The lowest BCUT2D eigenvalue weighted by Gasteiger charge is -2.42. The van der Waals surface area contributed by atoms with Crippen LogP contribution < -0.4 is 11.0 Å². The van der Waals surface area contributed by atoms with Gasteiger partial charge in [0.1, 0.15) is 0 Å². The van der Waals surface area contributed by atoms with Crippen LogP contribution in [0.2, 0.25) is 5.02 Å². The predicted octanol–water partition coefficient (Wildman–Crippen LogP) is 7.07. The fraction of sp³-hybridized carbons (Fsp3) is 0.258. The summed E-state index contributed by atoms with van der Waals surface area (Å²) >= 11 is 6.02. The van der Waals surface area contributed by atoms with E-state index in [4.69, 9.17) is 16.6 Å². The van der Waals surface area contributed by atoms with Crippen molar-refractivity contribution in [2.45, 2.75) is 50.9 Å². The highest BCUT2D eigenvalue weighted by Crippen LogP contribution is 2.48. The standard InChI is InChI=1S/C31H29ClN4O/c1-21-9-3-6-12-26(21)36-29(37)27-28(34-30(36)35-33-20-22-13-15-24(32)16-14-22)25-11-5-4-10-23(25)19-31(27)17-7-2-8-18-31/h3-6,9-16,20H,2,7-8,17-19H2,1H3,(H,34,35)/b33-20+. The van der Waals surface area contributed by atoms with Gasteiger partial charge in [-0.1, -0.05) is 85.5 Å². The molecule has 37 heavy (non-hydrogen) atoms. The van der Waals surface area contributed by atoms with Crippen molar-refractivity contribution in [3.05, 3.63) is 110 Å². The molecule has 6 rings (SSSR count). The zero-order valence-electron chi connectivity index (χ0n) is 20.9. The molecule has 0 unspecified atom stereocenters. The molecule has 6 heteroatoms. The topological polar surface area (TPSA) is 59.3 Å². The van der Waals surface area contributed by atoms with Crippen LogP contribution in [0.1, 0.15) is 54.4 Å². The number of halogens is 1. The highest BCUT2D eigenvalue weighted by Gasteiger charge is 2.43. The molecule has 0 atom stereocenters. The zero-order valence-corrected chi connectivity index (χ0v) is 21.6. The second-order valence-corrected chi connectivity index (χ2v) is 10.6. The highest BCUT2D eigenvalue weighted by molar-refractivity contribution is 6.30. The van der Waals surface area contributed by atoms with Crippen LogP contribution in [0.5, 0.6) is 0 Å². The number of nitrogens with one attached hydrogen (secondary N) is 1. The number of fused-ring (bicyclic) bond motifs is 4. The molecule has 0 radical (unpaired) electrons. The number of hydrogen-bond donors (Lipinski definition) is 1. The molecule has 3 aromatic carbocycles. The molecule has 186 valence electrons. The van der Waals surface area contributed by atoms with Crippen LogP contribution in [0.25, 0.3) is 16.9 Å². The maximum absolute atomic E-state index is 14.6. The first-order valence-corrected chi connectivity index (χ1v) is 13.3. The van der Waals surface area contributed by atoms with E-state index in [2.05, 4.69) is 28.7 Å². The number of aromatic nitrogens is 2. The Morgan fingerprint density at radius 1 is 0.973 bits per heavy atom. The number of rotatable bonds is 4. The first-order valence-electron chi connectivity index (χ1n) is 12.9. The summed E-state index contributed by atoms with van der Waals surface area (Å²) in [4.78, 5) is 19.7. The maximum atomic E-state index is 14.6. The van der Waals surface area contributed by atoms with Crippen molar-refractivity contribution in [1.29, 1.82) is 0 Å². The summed E-state index contributed by atoms with van der Waals surface area (Å²) in [6.45, 7) is 2.02. The first-order chi connectivity index (χ1) is 18.1. The lowest BCUT2D eigenvalue weighted by atomic mass is 9.62. The predicted molar refractivity (Wildman–Crippen MR) is 151 cm³/mol. The third kappa shape index (κ3) is 4.27. The van der Waals surface area contributed by atoms with Crippen molar-refractivity contribution in [3.63, 3.8) is 0 Å². The van der Waals surface area contributed by atoms with Gasteiger partial charge in [0.15, 0.2) is 0 Å². The summed E-state index contributed by atoms with van der Waals surface area (Å²) in [5.74, 6) is 0.408. The molecule has 1 fully saturated rings. The van der Waals surface area contributed by atoms with Gasteiger partial charge in [-0.25, -0.2) is 15.0 Å². The Morgan fingerprint density at radius 2 is 1.70 bits per heavy atom. The molecule has 1 saturated carbocycles. The SMILES string of the molecule is Cc1ccccc1-n1c(N/N=C/c2ccc(Cl)cc2)nc2c(c1=O)C1(CCCCC1)Cc1ccccc1-2.